The summed E-state index contributed by atoms with van der Waals surface area (Å²) in [6, 6.07) is 14.1. The summed E-state index contributed by atoms with van der Waals surface area (Å²) in [5.74, 6) is -0.142. The quantitative estimate of drug-likeness (QED) is 0.477. The van der Waals surface area contributed by atoms with E-state index in [9.17, 15) is 14.4 Å². The molecule has 4 aliphatic rings. The molecular weight excluding hydrogens is 604 g/mol. The Morgan fingerprint density at radius 2 is 1.65 bits per heavy atom. The van der Waals surface area contributed by atoms with Gasteiger partial charge in [-0.05, 0) is 87.4 Å². The SMILES string of the molecule is Cc1ccc(C[C@@H](OC(=O)N2CCC(N3CCc4ccccc4NC3=O)CC2)C(=O)N2CCC(N3CCCNCC3)CC2)cc1Cl. The van der Waals surface area contributed by atoms with Crippen LogP contribution in [0.2, 0.25) is 5.02 Å². The lowest BCUT2D eigenvalue weighted by Crippen LogP contribution is -2.52. The molecule has 3 saturated heterocycles. The highest BCUT2D eigenvalue weighted by Crippen LogP contribution is 2.26. The van der Waals surface area contributed by atoms with Gasteiger partial charge in [-0.25, -0.2) is 9.59 Å². The van der Waals surface area contributed by atoms with Crippen LogP contribution in [-0.4, -0.2) is 115 Å². The van der Waals surface area contributed by atoms with Crippen LogP contribution in [0.1, 0.15) is 48.8 Å². The number of rotatable bonds is 6. The zero-order valence-electron chi connectivity index (χ0n) is 26.9. The number of nitrogens with zero attached hydrogens (tertiary/aromatic N) is 4. The maximum Gasteiger partial charge on any atom is 0.410 e. The van der Waals surface area contributed by atoms with Gasteiger partial charge in [-0.1, -0.05) is 41.9 Å². The molecule has 2 aromatic carbocycles. The molecule has 248 valence electrons. The van der Waals surface area contributed by atoms with E-state index in [-0.39, 0.29) is 24.4 Å². The number of likely N-dealkylation sites (tertiary alicyclic amines) is 2. The number of piperidine rings is 2. The monoisotopic (exact) mass is 650 g/mol. The fraction of sp³-hybridized carbons (Fsp3) is 0.571. The molecule has 0 unspecified atom stereocenters. The summed E-state index contributed by atoms with van der Waals surface area (Å²) in [6.07, 6.45) is 3.95. The van der Waals surface area contributed by atoms with E-state index < -0.39 is 12.2 Å². The Morgan fingerprint density at radius 3 is 2.43 bits per heavy atom. The van der Waals surface area contributed by atoms with Crippen molar-refractivity contribution in [3.8, 4) is 0 Å². The van der Waals surface area contributed by atoms with Gasteiger partial charge in [0, 0.05) is 75.0 Å². The summed E-state index contributed by atoms with van der Waals surface area (Å²) in [5, 5.41) is 7.16. The van der Waals surface area contributed by atoms with E-state index in [2.05, 4.69) is 21.6 Å². The predicted molar refractivity (Wildman–Crippen MR) is 179 cm³/mol. The van der Waals surface area contributed by atoms with Gasteiger partial charge in [-0.15, -0.1) is 0 Å². The van der Waals surface area contributed by atoms with Crippen molar-refractivity contribution < 1.29 is 19.1 Å². The van der Waals surface area contributed by atoms with Crippen molar-refractivity contribution in [1.82, 2.24) is 24.9 Å². The first kappa shape index (κ1) is 32.6. The second-order valence-corrected chi connectivity index (χ2v) is 13.5. The Hall–Kier alpha value is -3.34. The van der Waals surface area contributed by atoms with E-state index in [0.29, 0.717) is 56.6 Å². The number of amides is 4. The normalized spacial score (nSPS) is 21.2. The number of anilines is 1. The van der Waals surface area contributed by atoms with Crippen molar-refractivity contribution in [2.24, 2.45) is 0 Å². The average Bonchev–Trinajstić information content (AvgIpc) is 3.45. The second kappa shape index (κ2) is 15.0. The van der Waals surface area contributed by atoms with E-state index in [1.165, 1.54) is 0 Å². The Bertz CT molecular complexity index is 1380. The number of hydrogen-bond acceptors (Lipinski definition) is 6. The molecule has 10 nitrogen and oxygen atoms in total. The van der Waals surface area contributed by atoms with Crippen LogP contribution in [0.5, 0.6) is 0 Å². The summed E-state index contributed by atoms with van der Waals surface area (Å²) in [4.78, 5) is 48.6. The maximum atomic E-state index is 14.0. The van der Waals surface area contributed by atoms with Crippen LogP contribution in [-0.2, 0) is 22.4 Å². The van der Waals surface area contributed by atoms with Crippen LogP contribution >= 0.6 is 11.6 Å². The number of para-hydroxylation sites is 1. The minimum atomic E-state index is -0.933. The largest absolute Gasteiger partial charge is 0.436 e. The number of carbonyl (C=O) groups excluding carboxylic acids is 3. The fourth-order valence-corrected chi connectivity index (χ4v) is 7.54. The molecular formula is C35H47ClN6O4. The van der Waals surface area contributed by atoms with Crippen molar-refractivity contribution in [1.29, 1.82) is 0 Å². The van der Waals surface area contributed by atoms with Crippen molar-refractivity contribution in [3.63, 3.8) is 0 Å². The lowest BCUT2D eigenvalue weighted by atomic mass is 10.0. The number of nitrogens with one attached hydrogen (secondary N) is 2. The van der Waals surface area contributed by atoms with Gasteiger partial charge in [0.1, 0.15) is 0 Å². The Balaban J connectivity index is 1.07. The Labute approximate surface area is 277 Å². The molecule has 0 radical (unpaired) electrons. The topological polar surface area (TPSA) is 97.5 Å². The standard InChI is InChI=1S/C35H47ClN6O4/c1-25-7-8-26(23-30(25)36)24-32(33(43)40-17-10-28(11-18-40)39-16-4-14-37-15-22-39)46-35(45)41-19-12-29(13-20-41)42-21-9-27-5-2-3-6-31(27)38-34(42)44/h2-3,5-8,23,28-29,32,37H,4,9-22,24H2,1H3,(H,38,44)/t32-/m1/s1. The molecule has 2 aromatic rings. The summed E-state index contributed by atoms with van der Waals surface area (Å²) in [5.41, 5.74) is 3.82. The summed E-state index contributed by atoms with van der Waals surface area (Å²) >= 11 is 6.43. The van der Waals surface area contributed by atoms with E-state index in [0.717, 1.165) is 74.2 Å². The molecule has 0 spiro atoms. The molecule has 1 atom stereocenters. The van der Waals surface area contributed by atoms with Gasteiger partial charge in [0.2, 0.25) is 0 Å². The highest BCUT2D eigenvalue weighted by molar-refractivity contribution is 6.31. The van der Waals surface area contributed by atoms with Crippen molar-refractivity contribution in [3.05, 3.63) is 64.2 Å². The van der Waals surface area contributed by atoms with Gasteiger partial charge in [0.05, 0.1) is 0 Å². The number of fused-ring (bicyclic) bond motifs is 1. The van der Waals surface area contributed by atoms with Gasteiger partial charge in [-0.3, -0.25) is 9.69 Å². The molecule has 11 heteroatoms. The van der Waals surface area contributed by atoms with Crippen LogP contribution in [0.3, 0.4) is 0 Å². The van der Waals surface area contributed by atoms with Crippen molar-refractivity contribution in [2.45, 2.75) is 70.1 Å². The van der Waals surface area contributed by atoms with Crippen LogP contribution in [0, 0.1) is 6.92 Å². The van der Waals surface area contributed by atoms with E-state index in [1.54, 1.807) is 4.90 Å². The highest BCUT2D eigenvalue weighted by atomic mass is 35.5. The number of halogens is 1. The average molecular weight is 651 g/mol. The third-order valence-corrected chi connectivity index (χ3v) is 10.6. The smallest absolute Gasteiger partial charge is 0.410 e. The Morgan fingerprint density at radius 1 is 0.913 bits per heavy atom. The number of urea groups is 1. The van der Waals surface area contributed by atoms with Gasteiger partial charge in [0.25, 0.3) is 5.91 Å². The van der Waals surface area contributed by atoms with Gasteiger partial charge in [-0.2, -0.15) is 0 Å². The first-order valence-corrected chi connectivity index (χ1v) is 17.3. The first-order valence-electron chi connectivity index (χ1n) is 17.0. The molecule has 0 saturated carbocycles. The van der Waals surface area contributed by atoms with Crippen LogP contribution in [0.15, 0.2) is 42.5 Å². The zero-order chi connectivity index (χ0) is 32.0. The number of aryl methyl sites for hydroxylation is 1. The van der Waals surface area contributed by atoms with Crippen LogP contribution < -0.4 is 10.6 Å². The van der Waals surface area contributed by atoms with Gasteiger partial charge in [0.15, 0.2) is 6.10 Å². The van der Waals surface area contributed by atoms with Crippen LogP contribution in [0.25, 0.3) is 0 Å². The lowest BCUT2D eigenvalue weighted by molar-refractivity contribution is -0.142. The molecule has 46 heavy (non-hydrogen) atoms. The third kappa shape index (κ3) is 7.78. The number of ether oxygens (including phenoxy) is 1. The zero-order valence-corrected chi connectivity index (χ0v) is 27.6. The van der Waals surface area contributed by atoms with E-state index in [4.69, 9.17) is 16.3 Å². The molecule has 4 heterocycles. The predicted octanol–water partition coefficient (Wildman–Crippen LogP) is 4.54. The number of carbonyl (C=O) groups is 3. The second-order valence-electron chi connectivity index (χ2n) is 13.1. The molecule has 2 N–H and O–H groups in total. The fourth-order valence-electron chi connectivity index (χ4n) is 7.34. The summed E-state index contributed by atoms with van der Waals surface area (Å²) < 4.78 is 6.04. The molecule has 4 aliphatic heterocycles. The maximum absolute atomic E-state index is 14.0. The highest BCUT2D eigenvalue weighted by Gasteiger charge is 2.36. The first-order chi connectivity index (χ1) is 22.4. The Kier molecular flexibility index (Phi) is 10.7. The summed E-state index contributed by atoms with van der Waals surface area (Å²) in [6.45, 7) is 9.02. The third-order valence-electron chi connectivity index (χ3n) is 10.1. The van der Waals surface area contributed by atoms with Crippen LogP contribution in [0.4, 0.5) is 15.3 Å². The molecule has 6 rings (SSSR count). The van der Waals surface area contributed by atoms with Gasteiger partial charge >= 0.3 is 12.1 Å². The summed E-state index contributed by atoms with van der Waals surface area (Å²) in [7, 11) is 0. The van der Waals surface area contributed by atoms with Crippen molar-refractivity contribution >= 4 is 35.3 Å². The minimum absolute atomic E-state index is 0.0340. The minimum Gasteiger partial charge on any atom is -0.436 e. The molecule has 4 amide bonds. The van der Waals surface area contributed by atoms with E-state index in [1.807, 2.05) is 53.1 Å². The van der Waals surface area contributed by atoms with Gasteiger partial charge < -0.3 is 30.1 Å². The number of hydrogen-bond donors (Lipinski definition) is 2. The molecule has 3 fully saturated rings. The van der Waals surface area contributed by atoms with E-state index >= 15 is 0 Å². The van der Waals surface area contributed by atoms with Crippen molar-refractivity contribution in [2.75, 3.05) is 64.2 Å². The molecule has 0 bridgehead atoms. The number of benzene rings is 2. The lowest BCUT2D eigenvalue weighted by Gasteiger charge is -2.40. The molecule has 0 aliphatic carbocycles. The molecule has 0 aromatic heterocycles.